The fourth-order valence-electron chi connectivity index (χ4n) is 2.88. The van der Waals surface area contributed by atoms with Gasteiger partial charge in [0.15, 0.2) is 5.11 Å². The number of amides is 1. The van der Waals surface area contributed by atoms with Crippen molar-refractivity contribution in [2.45, 2.75) is 50.8 Å². The number of nitrogens with one attached hydrogen (secondary N) is 2. The predicted molar refractivity (Wildman–Crippen MR) is 107 cm³/mol. The number of benzene rings is 1. The molecular weight excluding hydrogens is 370 g/mol. The van der Waals surface area contributed by atoms with Crippen LogP contribution >= 0.6 is 12.2 Å². The first-order chi connectivity index (χ1) is 12.3. The maximum atomic E-state index is 12.9. The Morgan fingerprint density at radius 3 is 2.46 bits per heavy atom. The highest BCUT2D eigenvalue weighted by Crippen LogP contribution is 2.22. The van der Waals surface area contributed by atoms with E-state index in [1.165, 1.54) is 0 Å². The van der Waals surface area contributed by atoms with E-state index in [0.717, 1.165) is 25.7 Å². The third-order valence-corrected chi connectivity index (χ3v) is 6.24. The average Bonchev–Trinajstić information content (AvgIpc) is 2.83. The van der Waals surface area contributed by atoms with Crippen molar-refractivity contribution in [3.63, 3.8) is 0 Å². The minimum atomic E-state index is -3.52. The molecule has 8 heteroatoms. The molecule has 2 rings (SSSR count). The second kappa shape index (κ2) is 9.43. The molecule has 1 aliphatic heterocycles. The summed E-state index contributed by atoms with van der Waals surface area (Å²) >= 11 is 5.14. The fraction of sp³-hybridized carbons (Fsp3) is 0.556. The highest BCUT2D eigenvalue weighted by Gasteiger charge is 2.25. The molecule has 144 valence electrons. The zero-order valence-corrected chi connectivity index (χ0v) is 17.0. The summed E-state index contributed by atoms with van der Waals surface area (Å²) < 4.78 is 27.3. The Kier molecular flexibility index (Phi) is 7.55. The Morgan fingerprint density at radius 2 is 1.85 bits per heavy atom. The molecule has 0 saturated carbocycles. The number of anilines is 1. The summed E-state index contributed by atoms with van der Waals surface area (Å²) in [5, 5.41) is 5.67. The minimum Gasteiger partial charge on any atom is -0.332 e. The summed E-state index contributed by atoms with van der Waals surface area (Å²) in [5.74, 6) is 0.0748. The Bertz CT molecular complexity index is 740. The Morgan fingerprint density at radius 1 is 1.19 bits per heavy atom. The molecule has 1 aromatic carbocycles. The molecule has 0 unspecified atom stereocenters. The number of thiocarbonyl (C=S) groups is 1. The van der Waals surface area contributed by atoms with E-state index in [1.807, 2.05) is 13.8 Å². The van der Waals surface area contributed by atoms with E-state index in [0.29, 0.717) is 25.2 Å². The summed E-state index contributed by atoms with van der Waals surface area (Å²) in [6.45, 7) is 5.02. The maximum Gasteiger partial charge on any atom is 0.243 e. The first-order valence-corrected chi connectivity index (χ1v) is 10.8. The zero-order valence-electron chi connectivity index (χ0n) is 15.3. The van der Waals surface area contributed by atoms with Crippen LogP contribution in [0.5, 0.6) is 0 Å². The molecule has 0 spiro atoms. The molecule has 1 heterocycles. The van der Waals surface area contributed by atoms with Gasteiger partial charge in [0.25, 0.3) is 0 Å². The molecule has 6 nitrogen and oxygen atoms in total. The number of sulfonamides is 1. The molecule has 1 saturated heterocycles. The van der Waals surface area contributed by atoms with Crippen LogP contribution in [0, 0.1) is 5.92 Å². The third-order valence-electron chi connectivity index (χ3n) is 4.14. The molecule has 0 aliphatic carbocycles. The van der Waals surface area contributed by atoms with Crippen LogP contribution in [0.3, 0.4) is 0 Å². The van der Waals surface area contributed by atoms with Crippen LogP contribution in [0.1, 0.15) is 46.0 Å². The molecule has 26 heavy (non-hydrogen) atoms. The van der Waals surface area contributed by atoms with Gasteiger partial charge in [-0.2, -0.15) is 4.31 Å². The second-order valence-corrected chi connectivity index (χ2v) is 9.29. The smallest absolute Gasteiger partial charge is 0.243 e. The van der Waals surface area contributed by atoms with Crippen molar-refractivity contribution in [3.05, 3.63) is 24.3 Å². The molecule has 0 radical (unpaired) electrons. The Balaban J connectivity index is 2.07. The van der Waals surface area contributed by atoms with E-state index >= 15 is 0 Å². The monoisotopic (exact) mass is 397 g/mol. The van der Waals surface area contributed by atoms with Crippen molar-refractivity contribution >= 4 is 38.9 Å². The van der Waals surface area contributed by atoms with Crippen molar-refractivity contribution in [1.29, 1.82) is 0 Å². The van der Waals surface area contributed by atoms with Crippen LogP contribution in [0.2, 0.25) is 0 Å². The summed E-state index contributed by atoms with van der Waals surface area (Å²) in [5.41, 5.74) is 0.538. The van der Waals surface area contributed by atoms with Gasteiger partial charge in [-0.25, -0.2) is 8.42 Å². The van der Waals surface area contributed by atoms with Crippen LogP contribution in [0.4, 0.5) is 5.69 Å². The van der Waals surface area contributed by atoms with Crippen LogP contribution in [-0.2, 0) is 14.8 Å². The van der Waals surface area contributed by atoms with E-state index in [1.54, 1.807) is 28.6 Å². The third kappa shape index (κ3) is 6.03. The van der Waals surface area contributed by atoms with Gasteiger partial charge in [0.2, 0.25) is 15.9 Å². The Hall–Kier alpha value is -1.51. The van der Waals surface area contributed by atoms with Crippen LogP contribution in [0.25, 0.3) is 0 Å². The second-order valence-electron chi connectivity index (χ2n) is 6.95. The molecule has 1 aliphatic rings. The normalized spacial score (nSPS) is 16.1. The van der Waals surface area contributed by atoms with Crippen LogP contribution in [0.15, 0.2) is 29.2 Å². The number of carbonyl (C=O) groups is 1. The van der Waals surface area contributed by atoms with E-state index in [-0.39, 0.29) is 21.8 Å². The molecule has 2 N–H and O–H groups in total. The lowest BCUT2D eigenvalue weighted by molar-refractivity contribution is -0.120. The van der Waals surface area contributed by atoms with Gasteiger partial charge >= 0.3 is 0 Å². The summed E-state index contributed by atoms with van der Waals surface area (Å²) in [4.78, 5) is 12.0. The molecule has 1 amide bonds. The lowest BCUT2D eigenvalue weighted by atomic mass is 10.1. The molecular formula is C18H27N3O3S2. The van der Waals surface area contributed by atoms with Gasteiger partial charge in [0.1, 0.15) is 0 Å². The predicted octanol–water partition coefficient (Wildman–Crippen LogP) is 3.11. The van der Waals surface area contributed by atoms with Gasteiger partial charge in [0.05, 0.1) is 4.90 Å². The fourth-order valence-corrected chi connectivity index (χ4v) is 4.67. The number of carbonyl (C=O) groups excluding carboxylic acids is 1. The van der Waals surface area contributed by atoms with Gasteiger partial charge < -0.3 is 10.6 Å². The summed E-state index contributed by atoms with van der Waals surface area (Å²) in [6.07, 6.45) is 4.30. The van der Waals surface area contributed by atoms with Crippen LogP contribution < -0.4 is 10.6 Å². The highest BCUT2D eigenvalue weighted by atomic mass is 32.2. The molecule has 0 aromatic heterocycles. The minimum absolute atomic E-state index is 0.161. The standard InChI is InChI=1S/C18H27N3O3S2/c1-14(2)12-17(22)20-18(25)19-15-8-7-9-16(13-15)26(23,24)21-10-5-3-4-6-11-21/h7-9,13-14H,3-6,10-12H2,1-2H3,(H2,19,20,22,25). The Labute approximate surface area is 161 Å². The van der Waals surface area contributed by atoms with Gasteiger partial charge in [-0.3, -0.25) is 4.79 Å². The molecule has 1 fully saturated rings. The van der Waals surface area contributed by atoms with E-state index < -0.39 is 10.0 Å². The van der Waals surface area contributed by atoms with Crippen molar-refractivity contribution in [1.82, 2.24) is 9.62 Å². The van der Waals surface area contributed by atoms with Crippen molar-refractivity contribution in [2.75, 3.05) is 18.4 Å². The van der Waals surface area contributed by atoms with Crippen molar-refractivity contribution in [3.8, 4) is 0 Å². The number of rotatable bonds is 5. The highest BCUT2D eigenvalue weighted by molar-refractivity contribution is 7.89. The van der Waals surface area contributed by atoms with Gasteiger partial charge in [-0.05, 0) is 49.2 Å². The van der Waals surface area contributed by atoms with Crippen molar-refractivity contribution in [2.24, 2.45) is 5.92 Å². The van der Waals surface area contributed by atoms with Gasteiger partial charge in [-0.1, -0.05) is 32.8 Å². The molecule has 1 aromatic rings. The molecule has 0 atom stereocenters. The number of hydrogen-bond acceptors (Lipinski definition) is 4. The zero-order chi connectivity index (χ0) is 19.2. The van der Waals surface area contributed by atoms with Gasteiger partial charge in [0, 0.05) is 25.2 Å². The molecule has 0 bridgehead atoms. The first kappa shape index (κ1) is 20.8. The lowest BCUT2D eigenvalue weighted by Gasteiger charge is -2.20. The van der Waals surface area contributed by atoms with Crippen LogP contribution in [-0.4, -0.2) is 36.8 Å². The number of hydrogen-bond donors (Lipinski definition) is 2. The van der Waals surface area contributed by atoms with E-state index in [9.17, 15) is 13.2 Å². The van der Waals surface area contributed by atoms with E-state index in [4.69, 9.17) is 12.2 Å². The lowest BCUT2D eigenvalue weighted by Crippen LogP contribution is -2.35. The average molecular weight is 398 g/mol. The maximum absolute atomic E-state index is 12.9. The topological polar surface area (TPSA) is 78.5 Å². The quantitative estimate of drug-likeness (QED) is 0.747. The van der Waals surface area contributed by atoms with Gasteiger partial charge in [-0.15, -0.1) is 0 Å². The largest absolute Gasteiger partial charge is 0.332 e. The summed E-state index contributed by atoms with van der Waals surface area (Å²) in [7, 11) is -3.52. The SMILES string of the molecule is CC(C)CC(=O)NC(=S)Nc1cccc(S(=O)(=O)N2CCCCCC2)c1. The number of nitrogens with zero attached hydrogens (tertiary/aromatic N) is 1. The van der Waals surface area contributed by atoms with Crippen molar-refractivity contribution < 1.29 is 13.2 Å². The summed E-state index contributed by atoms with van der Waals surface area (Å²) in [6, 6.07) is 6.54. The first-order valence-electron chi connectivity index (χ1n) is 9.00. The van der Waals surface area contributed by atoms with E-state index in [2.05, 4.69) is 10.6 Å².